The topological polar surface area (TPSA) is 161 Å². The first-order chi connectivity index (χ1) is 39.1. The van der Waals surface area contributed by atoms with Crippen molar-refractivity contribution in [3.63, 3.8) is 0 Å². The predicted octanol–water partition coefficient (Wildman–Crippen LogP) is 18.2. The second kappa shape index (κ2) is 83.1. The second-order valence-corrected chi connectivity index (χ2v) is 21.4. The molecular weight excluding hydrogens is 1080 g/mol. The Bertz CT molecular complexity index is 1300. The first-order valence-corrected chi connectivity index (χ1v) is 33.1. The molecule has 0 heterocycles. The van der Waals surface area contributed by atoms with Crippen LogP contribution in [0.4, 0.5) is 0 Å². The summed E-state index contributed by atoms with van der Waals surface area (Å²) in [5.41, 5.74) is 0. The number of carboxylic acid groups (broad SMARTS) is 4. The Kier molecular flexibility index (Phi) is 88.8. The number of aliphatic carboxylic acids is 4. The molecule has 464 valence electrons. The van der Waals surface area contributed by atoms with E-state index in [1.165, 1.54) is 154 Å². The van der Waals surface area contributed by atoms with E-state index in [1.54, 1.807) is 0 Å². The van der Waals surface area contributed by atoms with Crippen molar-refractivity contribution in [3.8, 4) is 0 Å². The van der Waals surface area contributed by atoms with Crippen molar-refractivity contribution in [3.05, 3.63) is 97.2 Å². The second-order valence-electron chi connectivity index (χ2n) is 21.4. The van der Waals surface area contributed by atoms with Crippen LogP contribution < -0.4 is 20.4 Å². The van der Waals surface area contributed by atoms with Crippen molar-refractivity contribution in [2.75, 3.05) is 0 Å². The predicted molar refractivity (Wildman–Crippen MR) is 337 cm³/mol. The molecule has 0 bridgehead atoms. The molecule has 0 radical (unpaired) electrons. The maximum Gasteiger partial charge on any atom is 4.00 e. The third-order valence-electron chi connectivity index (χ3n) is 13.3. The van der Waals surface area contributed by atoms with Gasteiger partial charge in [-0.3, -0.25) is 0 Å². The maximum absolute atomic E-state index is 10.2. The number of carbonyl (C=O) groups excluding carboxylic acids is 4. The molecule has 0 aliphatic rings. The van der Waals surface area contributed by atoms with Crippen LogP contribution in [0.1, 0.15) is 336 Å². The van der Waals surface area contributed by atoms with Gasteiger partial charge in [-0.1, -0.05) is 253 Å². The van der Waals surface area contributed by atoms with Crippen LogP contribution in [0.2, 0.25) is 0 Å². The molecule has 0 rings (SSSR count). The van der Waals surface area contributed by atoms with Gasteiger partial charge >= 0.3 is 26.2 Å². The van der Waals surface area contributed by atoms with Gasteiger partial charge in [0.2, 0.25) is 0 Å². The number of hydrogen-bond acceptors (Lipinski definition) is 8. The fourth-order valence-electron chi connectivity index (χ4n) is 8.32. The first kappa shape index (κ1) is 86.5. The molecule has 0 aliphatic carbocycles. The van der Waals surface area contributed by atoms with Gasteiger partial charge in [0.15, 0.2) is 0 Å². The molecule has 8 nitrogen and oxygen atoms in total. The number of unbranched alkanes of at least 4 members (excludes halogenated alkanes) is 32. The van der Waals surface area contributed by atoms with Gasteiger partial charge in [0, 0.05) is 23.9 Å². The standard InChI is InChI=1S/4C18H32O2.Zr/c4*1-2-3-4-5-6-7-8-9-10-11-12-13-14-15-16-17-18(19)20;/h4*6-7,9-10H,2-5,8,11-17H2,1H3,(H,19,20);/q;;;;+4/p-4/b4*7-6+,10-9+;. The van der Waals surface area contributed by atoms with Gasteiger partial charge in [-0.05, 0) is 180 Å². The Labute approximate surface area is 519 Å². The van der Waals surface area contributed by atoms with E-state index < -0.39 is 23.9 Å². The van der Waals surface area contributed by atoms with Crippen molar-refractivity contribution >= 4 is 23.9 Å². The minimum absolute atomic E-state index is 0. The molecule has 81 heavy (non-hydrogen) atoms. The van der Waals surface area contributed by atoms with E-state index in [9.17, 15) is 39.6 Å². The number of carboxylic acids is 4. The summed E-state index contributed by atoms with van der Waals surface area (Å²) >= 11 is 0. The number of allylic oxidation sites excluding steroid dienone is 16. The number of carbonyl (C=O) groups is 4. The molecule has 9 heteroatoms. The zero-order valence-electron chi connectivity index (χ0n) is 52.9. The normalized spacial score (nSPS) is 11.5. The maximum atomic E-state index is 10.2. The molecule has 0 saturated heterocycles. The number of hydrogen-bond donors (Lipinski definition) is 0. The van der Waals surface area contributed by atoms with Crippen LogP contribution in [0.15, 0.2) is 97.2 Å². The summed E-state index contributed by atoms with van der Waals surface area (Å²) < 4.78 is 0. The summed E-state index contributed by atoms with van der Waals surface area (Å²) in [4.78, 5) is 40.8. The molecule has 0 atom stereocenters. The zero-order valence-corrected chi connectivity index (χ0v) is 55.4. The van der Waals surface area contributed by atoms with E-state index in [0.717, 1.165) is 128 Å². The summed E-state index contributed by atoms with van der Waals surface area (Å²) in [6.45, 7) is 8.93. The smallest absolute Gasteiger partial charge is 0.550 e. The minimum Gasteiger partial charge on any atom is -0.550 e. The van der Waals surface area contributed by atoms with Crippen LogP contribution >= 0.6 is 0 Å². The van der Waals surface area contributed by atoms with Gasteiger partial charge in [-0.25, -0.2) is 0 Å². The molecule has 0 aliphatic heterocycles. The average Bonchev–Trinajstić information content (AvgIpc) is 3.43. The third kappa shape index (κ3) is 102. The van der Waals surface area contributed by atoms with E-state index in [1.807, 2.05) is 0 Å². The summed E-state index contributed by atoms with van der Waals surface area (Å²) in [6, 6.07) is 0. The van der Waals surface area contributed by atoms with Crippen molar-refractivity contribution in [1.29, 1.82) is 0 Å². The average molecular weight is 1210 g/mol. The monoisotopic (exact) mass is 1210 g/mol. The first-order valence-electron chi connectivity index (χ1n) is 33.1. The molecule has 0 spiro atoms. The van der Waals surface area contributed by atoms with Gasteiger partial charge in [-0.2, -0.15) is 0 Å². The van der Waals surface area contributed by atoms with Crippen LogP contribution in [0.5, 0.6) is 0 Å². The molecule has 0 unspecified atom stereocenters. The van der Waals surface area contributed by atoms with Crippen LogP contribution in [0.25, 0.3) is 0 Å². The molecule has 0 aromatic heterocycles. The van der Waals surface area contributed by atoms with E-state index in [2.05, 4.69) is 125 Å². The zero-order chi connectivity index (χ0) is 59.6. The van der Waals surface area contributed by atoms with Gasteiger partial charge in [0.05, 0.1) is 0 Å². The molecule has 0 fully saturated rings. The molecule has 0 N–H and O–H groups in total. The fraction of sp³-hybridized carbons (Fsp3) is 0.722. The minimum atomic E-state index is -0.921. The Hall–Kier alpha value is -3.32. The molecule has 0 aromatic carbocycles. The largest absolute Gasteiger partial charge is 4.00 e. The fourth-order valence-corrected chi connectivity index (χ4v) is 8.32. The Morgan fingerprint density at radius 2 is 0.346 bits per heavy atom. The van der Waals surface area contributed by atoms with Crippen LogP contribution in [-0.4, -0.2) is 23.9 Å². The molecule has 0 amide bonds. The number of rotatable bonds is 56. The molecular formula is C72H124O8Zr. The van der Waals surface area contributed by atoms with Gasteiger partial charge in [0.25, 0.3) is 0 Å². The van der Waals surface area contributed by atoms with Crippen molar-refractivity contribution in [1.82, 2.24) is 0 Å². The van der Waals surface area contributed by atoms with Crippen LogP contribution in [-0.2, 0) is 45.4 Å². The van der Waals surface area contributed by atoms with E-state index in [-0.39, 0.29) is 51.9 Å². The van der Waals surface area contributed by atoms with Crippen molar-refractivity contribution in [2.45, 2.75) is 336 Å². The third-order valence-corrected chi connectivity index (χ3v) is 13.3. The summed E-state index contributed by atoms with van der Waals surface area (Å²) in [5.74, 6) is -3.68. The Morgan fingerprint density at radius 1 is 0.210 bits per heavy atom. The van der Waals surface area contributed by atoms with Crippen molar-refractivity contribution in [2.24, 2.45) is 0 Å². The Balaban J connectivity index is -0.000000316. The van der Waals surface area contributed by atoms with Crippen LogP contribution in [0, 0.1) is 0 Å². The van der Waals surface area contributed by atoms with Crippen molar-refractivity contribution < 1.29 is 65.8 Å². The SMILES string of the molecule is CCCCC/C=C/C/C=C/CCCCCCCC(=O)[O-].CCCCC/C=C/C/C=C/CCCCCCCC(=O)[O-].CCCCC/C=C/C/C=C/CCCCCCCC(=O)[O-].CCCCC/C=C/C/C=C/CCCCCCCC(=O)[O-].[Zr+4]. The quantitative estimate of drug-likeness (QED) is 0.0430. The van der Waals surface area contributed by atoms with Gasteiger partial charge < -0.3 is 39.6 Å². The molecule has 0 aromatic rings. The van der Waals surface area contributed by atoms with Gasteiger partial charge in [0.1, 0.15) is 0 Å². The summed E-state index contributed by atoms with van der Waals surface area (Å²) in [7, 11) is 0. The summed E-state index contributed by atoms with van der Waals surface area (Å²) in [6.07, 6.45) is 87.8. The van der Waals surface area contributed by atoms with E-state index >= 15 is 0 Å². The van der Waals surface area contributed by atoms with E-state index in [4.69, 9.17) is 0 Å². The Morgan fingerprint density at radius 3 is 0.494 bits per heavy atom. The molecule has 0 saturated carbocycles. The summed E-state index contributed by atoms with van der Waals surface area (Å²) in [5, 5.41) is 40.8. The van der Waals surface area contributed by atoms with Crippen LogP contribution in [0.3, 0.4) is 0 Å². The van der Waals surface area contributed by atoms with Gasteiger partial charge in [-0.15, -0.1) is 0 Å². The van der Waals surface area contributed by atoms with E-state index in [0.29, 0.717) is 0 Å².